The number of hydrogen-bond acceptors (Lipinski definition) is 6. The van der Waals surface area contributed by atoms with E-state index in [9.17, 15) is 40.5 Å². The van der Waals surface area contributed by atoms with Crippen molar-refractivity contribution in [3.05, 3.63) is 33.9 Å². The second kappa shape index (κ2) is 6.61. The van der Waals surface area contributed by atoms with Gasteiger partial charge in [0.25, 0.3) is 21.7 Å². The Kier molecular flexibility index (Phi) is 5.16. The van der Waals surface area contributed by atoms with Crippen molar-refractivity contribution in [2.75, 3.05) is 24.3 Å². The first-order valence-electron chi connectivity index (χ1n) is 7.04. The van der Waals surface area contributed by atoms with Crippen LogP contribution in [0, 0.1) is 10.1 Å². The van der Waals surface area contributed by atoms with E-state index in [0.717, 1.165) is 11.0 Å². The first-order valence-corrected chi connectivity index (χ1v) is 8.86. The standard InChI is InChI=1S/C13H13F5N2O5S/c1-26(23,24)25-6-9-5-12(14,15)7-19(9)8-2-3-11(20(21)22)10(4-8)13(16,17)18/h2-4,9H,5-7H2,1H3/t9-/m0/s1. The molecule has 0 aliphatic carbocycles. The summed E-state index contributed by atoms with van der Waals surface area (Å²) in [6, 6.07) is 0.653. The molecule has 13 heteroatoms. The molecule has 0 N–H and O–H groups in total. The van der Waals surface area contributed by atoms with Gasteiger partial charge in [0.15, 0.2) is 0 Å². The number of nitro groups is 1. The molecule has 146 valence electrons. The zero-order chi connectivity index (χ0) is 19.9. The molecule has 2 rings (SSSR count). The number of hydrogen-bond donors (Lipinski definition) is 0. The largest absolute Gasteiger partial charge is 0.423 e. The van der Waals surface area contributed by atoms with Crippen molar-refractivity contribution in [1.29, 1.82) is 0 Å². The molecule has 1 atom stereocenters. The number of alkyl halides is 5. The average molecular weight is 404 g/mol. The molecule has 26 heavy (non-hydrogen) atoms. The van der Waals surface area contributed by atoms with Crippen molar-refractivity contribution >= 4 is 21.5 Å². The van der Waals surface area contributed by atoms with Crippen molar-refractivity contribution in [2.45, 2.75) is 24.6 Å². The quantitative estimate of drug-likeness (QED) is 0.325. The van der Waals surface area contributed by atoms with Crippen LogP contribution in [0.1, 0.15) is 12.0 Å². The maximum atomic E-state index is 13.7. The van der Waals surface area contributed by atoms with Gasteiger partial charge >= 0.3 is 6.18 Å². The number of nitro benzene ring substituents is 1. The predicted octanol–water partition coefficient (Wildman–Crippen LogP) is 2.80. The fourth-order valence-electron chi connectivity index (χ4n) is 2.64. The van der Waals surface area contributed by atoms with Gasteiger partial charge in [-0.2, -0.15) is 21.6 Å². The maximum absolute atomic E-state index is 13.7. The van der Waals surface area contributed by atoms with E-state index in [0.29, 0.717) is 18.4 Å². The second-order valence-electron chi connectivity index (χ2n) is 5.79. The summed E-state index contributed by atoms with van der Waals surface area (Å²) >= 11 is 0. The zero-order valence-corrected chi connectivity index (χ0v) is 14.0. The summed E-state index contributed by atoms with van der Waals surface area (Å²) in [4.78, 5) is 10.4. The number of benzene rings is 1. The van der Waals surface area contributed by atoms with E-state index in [4.69, 9.17) is 0 Å². The topological polar surface area (TPSA) is 89.8 Å². The monoisotopic (exact) mass is 404 g/mol. The molecular formula is C13H13F5N2O5S. The van der Waals surface area contributed by atoms with Gasteiger partial charge in [-0.05, 0) is 12.1 Å². The lowest BCUT2D eigenvalue weighted by Gasteiger charge is -2.26. The third-order valence-corrected chi connectivity index (χ3v) is 4.23. The van der Waals surface area contributed by atoms with Crippen LogP contribution in [0.5, 0.6) is 0 Å². The van der Waals surface area contributed by atoms with E-state index in [-0.39, 0.29) is 5.69 Å². The molecule has 1 saturated heterocycles. The maximum Gasteiger partial charge on any atom is 0.423 e. The van der Waals surface area contributed by atoms with Gasteiger partial charge < -0.3 is 4.90 Å². The molecule has 1 aromatic rings. The Morgan fingerprint density at radius 3 is 2.50 bits per heavy atom. The average Bonchev–Trinajstić information content (AvgIpc) is 2.78. The van der Waals surface area contributed by atoms with Crippen molar-refractivity contribution in [3.63, 3.8) is 0 Å². The minimum atomic E-state index is -5.07. The lowest BCUT2D eigenvalue weighted by molar-refractivity contribution is -0.388. The molecule has 0 unspecified atom stereocenters. The summed E-state index contributed by atoms with van der Waals surface area (Å²) in [5.74, 6) is -3.29. The van der Waals surface area contributed by atoms with Crippen LogP contribution < -0.4 is 4.90 Å². The fraction of sp³-hybridized carbons (Fsp3) is 0.538. The molecule has 1 aliphatic heterocycles. The molecule has 1 heterocycles. The molecule has 0 amide bonds. The summed E-state index contributed by atoms with van der Waals surface area (Å²) in [6.07, 6.45) is -5.20. The molecule has 0 radical (unpaired) electrons. The molecule has 1 fully saturated rings. The molecule has 1 aliphatic rings. The summed E-state index contributed by atoms with van der Waals surface area (Å²) in [7, 11) is -3.94. The molecular weight excluding hydrogens is 391 g/mol. The van der Waals surface area contributed by atoms with Crippen LogP contribution in [0.2, 0.25) is 0 Å². The Morgan fingerprint density at radius 2 is 2.00 bits per heavy atom. The van der Waals surface area contributed by atoms with E-state index in [1.54, 1.807) is 0 Å². The lowest BCUT2D eigenvalue weighted by atomic mass is 10.1. The van der Waals surface area contributed by atoms with Crippen molar-refractivity contribution in [1.82, 2.24) is 0 Å². The van der Waals surface area contributed by atoms with Crippen LogP contribution in [0.4, 0.5) is 33.3 Å². The highest BCUT2D eigenvalue weighted by Crippen LogP contribution is 2.41. The fourth-order valence-corrected chi connectivity index (χ4v) is 3.04. The van der Waals surface area contributed by atoms with E-state index >= 15 is 0 Å². The van der Waals surface area contributed by atoms with Crippen LogP contribution in [0.25, 0.3) is 0 Å². The smallest absolute Gasteiger partial charge is 0.360 e. The normalized spacial score (nSPS) is 20.4. The summed E-state index contributed by atoms with van der Waals surface area (Å²) in [6.45, 7) is -1.66. The van der Waals surface area contributed by atoms with Crippen LogP contribution in [-0.4, -0.2) is 44.7 Å². The molecule has 0 saturated carbocycles. The predicted molar refractivity (Wildman–Crippen MR) is 79.6 cm³/mol. The Hall–Kier alpha value is -2.02. The highest BCUT2D eigenvalue weighted by molar-refractivity contribution is 7.85. The van der Waals surface area contributed by atoms with Gasteiger partial charge in [-0.3, -0.25) is 14.3 Å². The Balaban J connectivity index is 2.42. The van der Waals surface area contributed by atoms with Gasteiger partial charge in [0.2, 0.25) is 0 Å². The first kappa shape index (κ1) is 20.3. The number of nitrogens with zero attached hydrogens (tertiary/aromatic N) is 2. The first-order chi connectivity index (χ1) is 11.7. The summed E-state index contributed by atoms with van der Waals surface area (Å²) in [5.41, 5.74) is -3.14. The van der Waals surface area contributed by atoms with Crippen molar-refractivity contribution in [3.8, 4) is 0 Å². The molecule has 0 spiro atoms. The molecule has 0 aromatic heterocycles. The van der Waals surface area contributed by atoms with E-state index in [1.807, 2.05) is 0 Å². The summed E-state index contributed by atoms with van der Waals surface area (Å²) < 4.78 is 93.2. The van der Waals surface area contributed by atoms with Crippen LogP contribution >= 0.6 is 0 Å². The molecule has 1 aromatic carbocycles. The van der Waals surface area contributed by atoms with E-state index < -0.39 is 64.0 Å². The van der Waals surface area contributed by atoms with Gasteiger partial charge in [0, 0.05) is 18.2 Å². The number of rotatable bonds is 5. The van der Waals surface area contributed by atoms with Crippen molar-refractivity contribution < 1.29 is 39.5 Å². The zero-order valence-electron chi connectivity index (χ0n) is 13.2. The van der Waals surface area contributed by atoms with Gasteiger partial charge in [0.1, 0.15) is 5.56 Å². The van der Waals surface area contributed by atoms with E-state index in [2.05, 4.69) is 4.18 Å². The highest BCUT2D eigenvalue weighted by Gasteiger charge is 2.46. The summed E-state index contributed by atoms with van der Waals surface area (Å²) in [5, 5.41) is 10.8. The third-order valence-electron chi connectivity index (χ3n) is 3.67. The van der Waals surface area contributed by atoms with Crippen LogP contribution in [0.3, 0.4) is 0 Å². The molecule has 0 bridgehead atoms. The van der Waals surface area contributed by atoms with Crippen LogP contribution in [-0.2, 0) is 20.5 Å². The molecule has 7 nitrogen and oxygen atoms in total. The second-order valence-corrected chi connectivity index (χ2v) is 7.43. The van der Waals surface area contributed by atoms with Crippen LogP contribution in [0.15, 0.2) is 18.2 Å². The SMILES string of the molecule is CS(=O)(=O)OC[C@@H]1CC(F)(F)CN1c1ccc([N+](=O)[O-])c(C(F)(F)F)c1. The van der Waals surface area contributed by atoms with Gasteiger partial charge in [-0.25, -0.2) is 8.78 Å². The van der Waals surface area contributed by atoms with Gasteiger partial charge in [-0.15, -0.1) is 0 Å². The highest BCUT2D eigenvalue weighted by atomic mass is 32.2. The number of anilines is 1. The Bertz CT molecular complexity index is 812. The third kappa shape index (κ3) is 4.78. The lowest BCUT2D eigenvalue weighted by Crippen LogP contribution is -2.34. The minimum Gasteiger partial charge on any atom is -0.360 e. The minimum absolute atomic E-state index is 0.345. The van der Waals surface area contributed by atoms with Gasteiger partial charge in [-0.1, -0.05) is 0 Å². The van der Waals surface area contributed by atoms with Crippen molar-refractivity contribution in [2.24, 2.45) is 0 Å². The number of halogens is 5. The van der Waals surface area contributed by atoms with Gasteiger partial charge in [0.05, 0.1) is 30.4 Å². The van der Waals surface area contributed by atoms with E-state index in [1.165, 1.54) is 0 Å². The Morgan fingerprint density at radius 1 is 1.38 bits per heavy atom. The Labute approximate surface area is 144 Å².